The third-order valence-corrected chi connectivity index (χ3v) is 2.68. The number of nitrogens with one attached hydrogen (secondary N) is 1. The molecule has 0 radical (unpaired) electrons. The van der Waals surface area contributed by atoms with Crippen LogP contribution in [0.3, 0.4) is 0 Å². The molecule has 17 heavy (non-hydrogen) atoms. The fraction of sp³-hybridized carbons (Fsp3) is 0.100. The molecule has 0 atom stereocenters. The van der Waals surface area contributed by atoms with Gasteiger partial charge in [0.25, 0.3) is 5.91 Å². The lowest BCUT2D eigenvalue weighted by atomic mass is 10.2. The van der Waals surface area contributed by atoms with E-state index < -0.39 is 0 Å². The zero-order valence-corrected chi connectivity index (χ0v) is 9.82. The molecule has 88 valence electrons. The first-order valence-corrected chi connectivity index (χ1v) is 5.59. The van der Waals surface area contributed by atoms with E-state index in [1.54, 1.807) is 18.2 Å². The molecule has 1 aromatic heterocycles. The van der Waals surface area contributed by atoms with Gasteiger partial charge in [0.1, 0.15) is 11.3 Å². The Kier molecular flexibility index (Phi) is 3.20. The third kappa shape index (κ3) is 2.51. The number of methoxy groups -OCH3 is 1. The van der Waals surface area contributed by atoms with Gasteiger partial charge in [0.15, 0.2) is 0 Å². The molecular weight excluding hydrogens is 240 g/mol. The van der Waals surface area contributed by atoms with Crippen molar-refractivity contribution in [3.05, 3.63) is 29.3 Å². The molecule has 3 N–H and O–H groups in total. The molecule has 6 nitrogen and oxygen atoms in total. The van der Waals surface area contributed by atoms with Gasteiger partial charge in [0.05, 0.1) is 12.8 Å². The van der Waals surface area contributed by atoms with Gasteiger partial charge in [-0.2, -0.15) is 0 Å². The van der Waals surface area contributed by atoms with E-state index in [0.717, 1.165) is 0 Å². The standard InChI is InChI=1S/C10H10N4O2S/c1-16-8-3-2-6(4-7(8)11)9(15)13-10-14-12-5-17-10/h2-5H,11H2,1H3,(H,13,14,15). The molecular formula is C10H10N4O2S. The van der Waals surface area contributed by atoms with E-state index in [-0.39, 0.29) is 5.91 Å². The number of hydrogen-bond acceptors (Lipinski definition) is 6. The average Bonchev–Trinajstić information content (AvgIpc) is 2.81. The number of anilines is 2. The minimum Gasteiger partial charge on any atom is -0.495 e. The highest BCUT2D eigenvalue weighted by molar-refractivity contribution is 7.13. The van der Waals surface area contributed by atoms with Crippen molar-refractivity contribution in [2.45, 2.75) is 0 Å². The second-order valence-corrected chi connectivity index (χ2v) is 3.99. The van der Waals surface area contributed by atoms with Gasteiger partial charge in [-0.25, -0.2) is 0 Å². The summed E-state index contributed by atoms with van der Waals surface area (Å²) in [4.78, 5) is 11.8. The molecule has 1 aromatic carbocycles. The van der Waals surface area contributed by atoms with Crippen LogP contribution in [-0.2, 0) is 0 Å². The Morgan fingerprint density at radius 2 is 2.35 bits per heavy atom. The van der Waals surface area contributed by atoms with Crippen LogP contribution in [-0.4, -0.2) is 23.2 Å². The zero-order valence-electron chi connectivity index (χ0n) is 9.01. The smallest absolute Gasteiger partial charge is 0.257 e. The second kappa shape index (κ2) is 4.79. The number of ether oxygens (including phenoxy) is 1. The Morgan fingerprint density at radius 3 is 2.94 bits per heavy atom. The molecule has 0 saturated heterocycles. The maximum absolute atomic E-state index is 11.8. The minimum absolute atomic E-state index is 0.281. The van der Waals surface area contributed by atoms with Gasteiger partial charge in [0.2, 0.25) is 5.13 Å². The van der Waals surface area contributed by atoms with Crippen molar-refractivity contribution in [1.29, 1.82) is 0 Å². The van der Waals surface area contributed by atoms with Crippen molar-refractivity contribution in [2.75, 3.05) is 18.2 Å². The summed E-state index contributed by atoms with van der Waals surface area (Å²) in [5.74, 6) is 0.258. The number of aromatic nitrogens is 2. The normalized spacial score (nSPS) is 9.94. The average molecular weight is 250 g/mol. The monoisotopic (exact) mass is 250 g/mol. The number of benzene rings is 1. The van der Waals surface area contributed by atoms with Crippen molar-refractivity contribution >= 4 is 28.1 Å². The van der Waals surface area contributed by atoms with Gasteiger partial charge < -0.3 is 10.5 Å². The lowest BCUT2D eigenvalue weighted by molar-refractivity contribution is 0.102. The molecule has 0 spiro atoms. The molecule has 1 amide bonds. The first-order valence-electron chi connectivity index (χ1n) is 4.71. The summed E-state index contributed by atoms with van der Waals surface area (Å²) in [5.41, 5.74) is 8.11. The largest absolute Gasteiger partial charge is 0.495 e. The minimum atomic E-state index is -0.281. The van der Waals surface area contributed by atoms with Gasteiger partial charge in [0, 0.05) is 5.56 Å². The molecule has 0 saturated carbocycles. The molecule has 7 heteroatoms. The van der Waals surface area contributed by atoms with Gasteiger partial charge in [-0.3, -0.25) is 10.1 Å². The van der Waals surface area contributed by atoms with Crippen LogP contribution in [0.1, 0.15) is 10.4 Å². The topological polar surface area (TPSA) is 90.1 Å². The van der Waals surface area contributed by atoms with Gasteiger partial charge >= 0.3 is 0 Å². The van der Waals surface area contributed by atoms with Crippen molar-refractivity contribution < 1.29 is 9.53 Å². The van der Waals surface area contributed by atoms with E-state index in [9.17, 15) is 4.79 Å². The molecule has 2 rings (SSSR count). The number of amides is 1. The van der Waals surface area contributed by atoms with Crippen LogP contribution in [0, 0.1) is 0 Å². The van der Waals surface area contributed by atoms with Crippen LogP contribution in [0.5, 0.6) is 5.75 Å². The predicted molar refractivity (Wildman–Crippen MR) is 65.3 cm³/mol. The van der Waals surface area contributed by atoms with Gasteiger partial charge in [-0.1, -0.05) is 11.3 Å². The molecule has 1 heterocycles. The van der Waals surface area contributed by atoms with E-state index in [2.05, 4.69) is 15.5 Å². The predicted octanol–water partition coefficient (Wildman–Crippen LogP) is 1.38. The number of rotatable bonds is 3. The van der Waals surface area contributed by atoms with Gasteiger partial charge in [-0.05, 0) is 18.2 Å². The first kappa shape index (κ1) is 11.3. The summed E-state index contributed by atoms with van der Waals surface area (Å²) in [5, 5.41) is 10.4. The number of hydrogen-bond donors (Lipinski definition) is 2. The molecule has 0 aliphatic heterocycles. The van der Waals surface area contributed by atoms with Crippen LogP contribution in [0.2, 0.25) is 0 Å². The molecule has 0 aliphatic rings. The fourth-order valence-electron chi connectivity index (χ4n) is 1.27. The van der Waals surface area contributed by atoms with Gasteiger partial charge in [-0.15, -0.1) is 10.2 Å². The number of nitrogen functional groups attached to an aromatic ring is 1. The van der Waals surface area contributed by atoms with E-state index in [0.29, 0.717) is 22.1 Å². The summed E-state index contributed by atoms with van der Waals surface area (Å²) in [6.45, 7) is 0. The lowest BCUT2D eigenvalue weighted by Gasteiger charge is -2.06. The van der Waals surface area contributed by atoms with Crippen LogP contribution >= 0.6 is 11.3 Å². The van der Waals surface area contributed by atoms with Crippen molar-refractivity contribution in [3.63, 3.8) is 0 Å². The van der Waals surface area contributed by atoms with Crippen molar-refractivity contribution in [2.24, 2.45) is 0 Å². The Bertz CT molecular complexity index is 527. The fourth-order valence-corrected chi connectivity index (χ4v) is 1.71. The van der Waals surface area contributed by atoms with Crippen LogP contribution < -0.4 is 15.8 Å². The second-order valence-electron chi connectivity index (χ2n) is 3.15. The van der Waals surface area contributed by atoms with Crippen molar-refractivity contribution in [3.8, 4) is 5.75 Å². The van der Waals surface area contributed by atoms with E-state index >= 15 is 0 Å². The summed E-state index contributed by atoms with van der Waals surface area (Å²) < 4.78 is 5.01. The Labute approximate surface area is 101 Å². The molecule has 2 aromatic rings. The van der Waals surface area contributed by atoms with Crippen molar-refractivity contribution in [1.82, 2.24) is 10.2 Å². The summed E-state index contributed by atoms with van der Waals surface area (Å²) in [7, 11) is 1.52. The van der Waals surface area contributed by atoms with Crippen LogP contribution in [0.25, 0.3) is 0 Å². The Balaban J connectivity index is 2.17. The summed E-state index contributed by atoms with van der Waals surface area (Å²) in [6, 6.07) is 4.82. The van der Waals surface area contributed by atoms with Crippen LogP contribution in [0.4, 0.5) is 10.8 Å². The maximum Gasteiger partial charge on any atom is 0.257 e. The molecule has 0 bridgehead atoms. The maximum atomic E-state index is 11.8. The highest BCUT2D eigenvalue weighted by atomic mass is 32.1. The molecule has 0 unspecified atom stereocenters. The number of carbonyl (C=O) groups is 1. The highest BCUT2D eigenvalue weighted by Crippen LogP contribution is 2.22. The molecule has 0 aliphatic carbocycles. The summed E-state index contributed by atoms with van der Waals surface area (Å²) >= 11 is 1.25. The first-order chi connectivity index (χ1) is 8.20. The van der Waals surface area contributed by atoms with E-state index in [1.165, 1.54) is 24.0 Å². The number of nitrogens with two attached hydrogens (primary N) is 1. The Morgan fingerprint density at radius 1 is 1.53 bits per heavy atom. The molecule has 0 fully saturated rings. The van der Waals surface area contributed by atoms with E-state index in [4.69, 9.17) is 10.5 Å². The number of nitrogens with zero attached hydrogens (tertiary/aromatic N) is 2. The quantitative estimate of drug-likeness (QED) is 0.803. The zero-order chi connectivity index (χ0) is 12.3. The SMILES string of the molecule is COc1ccc(C(=O)Nc2nncs2)cc1N. The third-order valence-electron chi connectivity index (χ3n) is 2.07. The van der Waals surface area contributed by atoms with E-state index in [1.807, 2.05) is 0 Å². The number of carbonyl (C=O) groups excluding carboxylic acids is 1. The lowest BCUT2D eigenvalue weighted by Crippen LogP contribution is -2.12. The van der Waals surface area contributed by atoms with Crippen LogP contribution in [0.15, 0.2) is 23.7 Å². The Hall–Kier alpha value is -2.15. The summed E-state index contributed by atoms with van der Waals surface area (Å²) in [6.07, 6.45) is 0. The highest BCUT2D eigenvalue weighted by Gasteiger charge is 2.10.